The minimum absolute atomic E-state index is 0.0791. The fraction of sp³-hybridized carbons (Fsp3) is 0.571. The number of benzene rings is 1. The van der Waals surface area contributed by atoms with Gasteiger partial charge in [-0.15, -0.1) is 0 Å². The molecule has 0 heterocycles. The average Bonchev–Trinajstić information content (AvgIpc) is 2.77. The van der Waals surface area contributed by atoms with Crippen molar-refractivity contribution in [2.75, 3.05) is 6.26 Å². The second-order valence-corrected chi connectivity index (χ2v) is 7.58. The molecular weight excluding hydrogens is 265 g/mol. The van der Waals surface area contributed by atoms with E-state index in [-0.39, 0.29) is 23.2 Å². The molecule has 1 saturated carbocycles. The van der Waals surface area contributed by atoms with Crippen molar-refractivity contribution in [2.45, 2.75) is 43.5 Å². The molecule has 19 heavy (non-hydrogen) atoms. The summed E-state index contributed by atoms with van der Waals surface area (Å²) in [5.74, 6) is -0.253. The fourth-order valence-corrected chi connectivity index (χ4v) is 4.27. The molecule has 2 rings (SSSR count). The molecule has 3 atom stereocenters. The molecule has 0 spiro atoms. The van der Waals surface area contributed by atoms with Crippen molar-refractivity contribution in [3.05, 3.63) is 35.6 Å². The van der Waals surface area contributed by atoms with Crippen molar-refractivity contribution >= 4 is 9.84 Å². The van der Waals surface area contributed by atoms with E-state index in [1.165, 1.54) is 12.3 Å². The van der Waals surface area contributed by atoms with Gasteiger partial charge in [0.25, 0.3) is 0 Å². The minimum atomic E-state index is -3.05. The van der Waals surface area contributed by atoms with Crippen LogP contribution in [-0.2, 0) is 9.84 Å². The predicted octanol–water partition coefficient (Wildman–Crippen LogP) is 2.44. The SMILES string of the molecule is CC(NC1CCCC1S(C)(=O)=O)c1ccccc1F. The first-order valence-electron chi connectivity index (χ1n) is 6.59. The van der Waals surface area contributed by atoms with Gasteiger partial charge in [-0.2, -0.15) is 0 Å². The molecule has 3 unspecified atom stereocenters. The zero-order valence-electron chi connectivity index (χ0n) is 11.3. The largest absolute Gasteiger partial charge is 0.306 e. The van der Waals surface area contributed by atoms with E-state index in [9.17, 15) is 12.8 Å². The third-order valence-corrected chi connectivity index (χ3v) is 5.50. The van der Waals surface area contributed by atoms with Crippen LogP contribution in [-0.4, -0.2) is 26.0 Å². The van der Waals surface area contributed by atoms with Gasteiger partial charge in [0.05, 0.1) is 5.25 Å². The van der Waals surface area contributed by atoms with Crippen LogP contribution < -0.4 is 5.32 Å². The van der Waals surface area contributed by atoms with Crippen LogP contribution in [0.5, 0.6) is 0 Å². The highest BCUT2D eigenvalue weighted by Gasteiger charge is 2.35. The molecule has 1 aliphatic carbocycles. The molecule has 1 fully saturated rings. The monoisotopic (exact) mass is 285 g/mol. The standard InChI is InChI=1S/C14H20FNO2S/c1-10(11-6-3-4-7-12(11)15)16-13-8-5-9-14(13)19(2,17)18/h3-4,6-7,10,13-14,16H,5,8-9H2,1-2H3. The Bertz CT molecular complexity index is 544. The lowest BCUT2D eigenvalue weighted by Gasteiger charge is -2.24. The Morgan fingerprint density at radius 2 is 2.00 bits per heavy atom. The van der Waals surface area contributed by atoms with Gasteiger partial charge in [0.1, 0.15) is 5.82 Å². The number of hydrogen-bond donors (Lipinski definition) is 1. The Balaban J connectivity index is 2.11. The number of hydrogen-bond acceptors (Lipinski definition) is 3. The quantitative estimate of drug-likeness (QED) is 0.924. The highest BCUT2D eigenvalue weighted by molar-refractivity contribution is 7.91. The molecule has 0 radical (unpaired) electrons. The van der Waals surface area contributed by atoms with Gasteiger partial charge in [-0.3, -0.25) is 0 Å². The van der Waals surface area contributed by atoms with Gasteiger partial charge in [-0.1, -0.05) is 24.6 Å². The van der Waals surface area contributed by atoms with Crippen LogP contribution in [0.15, 0.2) is 24.3 Å². The van der Waals surface area contributed by atoms with E-state index in [4.69, 9.17) is 0 Å². The Morgan fingerprint density at radius 3 is 2.63 bits per heavy atom. The topological polar surface area (TPSA) is 46.2 Å². The van der Waals surface area contributed by atoms with E-state index in [1.807, 2.05) is 6.92 Å². The first-order chi connectivity index (χ1) is 8.89. The van der Waals surface area contributed by atoms with E-state index in [0.717, 1.165) is 12.8 Å². The van der Waals surface area contributed by atoms with Crippen LogP contribution in [0.3, 0.4) is 0 Å². The van der Waals surface area contributed by atoms with E-state index >= 15 is 0 Å². The second-order valence-electron chi connectivity index (χ2n) is 5.32. The predicted molar refractivity (Wildman–Crippen MR) is 74.2 cm³/mol. The van der Waals surface area contributed by atoms with Gasteiger partial charge in [0.15, 0.2) is 9.84 Å². The van der Waals surface area contributed by atoms with Crippen molar-refractivity contribution in [2.24, 2.45) is 0 Å². The molecular formula is C14H20FNO2S. The van der Waals surface area contributed by atoms with E-state index < -0.39 is 9.84 Å². The van der Waals surface area contributed by atoms with E-state index in [0.29, 0.717) is 12.0 Å². The molecule has 0 aromatic heterocycles. The Morgan fingerprint density at radius 1 is 1.32 bits per heavy atom. The van der Waals surface area contributed by atoms with Gasteiger partial charge in [0.2, 0.25) is 0 Å². The van der Waals surface area contributed by atoms with Gasteiger partial charge in [-0.25, -0.2) is 12.8 Å². The van der Waals surface area contributed by atoms with Crippen LogP contribution in [0.1, 0.15) is 37.8 Å². The molecule has 106 valence electrons. The first-order valence-corrected chi connectivity index (χ1v) is 8.54. The van der Waals surface area contributed by atoms with Gasteiger partial charge < -0.3 is 5.32 Å². The van der Waals surface area contributed by atoms with Crippen molar-refractivity contribution in [3.8, 4) is 0 Å². The lowest BCUT2D eigenvalue weighted by molar-refractivity contribution is 0.443. The molecule has 0 aliphatic heterocycles. The maximum Gasteiger partial charge on any atom is 0.151 e. The number of sulfone groups is 1. The zero-order chi connectivity index (χ0) is 14.0. The molecule has 0 saturated heterocycles. The number of halogens is 1. The number of rotatable bonds is 4. The normalized spacial score (nSPS) is 25.4. The molecule has 1 aliphatic rings. The van der Waals surface area contributed by atoms with Crippen LogP contribution >= 0.6 is 0 Å². The van der Waals surface area contributed by atoms with E-state index in [1.54, 1.807) is 18.2 Å². The van der Waals surface area contributed by atoms with Gasteiger partial charge >= 0.3 is 0 Å². The number of nitrogens with one attached hydrogen (secondary N) is 1. The van der Waals surface area contributed by atoms with Crippen molar-refractivity contribution < 1.29 is 12.8 Å². The summed E-state index contributed by atoms with van der Waals surface area (Å²) in [7, 11) is -3.05. The molecule has 1 aromatic rings. The third kappa shape index (κ3) is 3.34. The van der Waals surface area contributed by atoms with Crippen molar-refractivity contribution in [1.82, 2.24) is 5.32 Å². The summed E-state index contributed by atoms with van der Waals surface area (Å²) >= 11 is 0. The van der Waals surface area contributed by atoms with Gasteiger partial charge in [-0.05, 0) is 25.8 Å². The van der Waals surface area contributed by atoms with Crippen LogP contribution in [0.25, 0.3) is 0 Å². The molecule has 0 bridgehead atoms. The highest BCUT2D eigenvalue weighted by Crippen LogP contribution is 2.28. The van der Waals surface area contributed by atoms with Crippen LogP contribution in [0, 0.1) is 5.82 Å². The Kier molecular flexibility index (Phi) is 4.26. The van der Waals surface area contributed by atoms with Crippen LogP contribution in [0.2, 0.25) is 0 Å². The third-order valence-electron chi connectivity index (χ3n) is 3.84. The summed E-state index contributed by atoms with van der Waals surface area (Å²) in [5, 5.41) is 2.93. The fourth-order valence-electron chi connectivity index (χ4n) is 2.87. The van der Waals surface area contributed by atoms with Crippen molar-refractivity contribution in [3.63, 3.8) is 0 Å². The van der Waals surface area contributed by atoms with Gasteiger partial charge in [0, 0.05) is 23.9 Å². The lowest BCUT2D eigenvalue weighted by Crippen LogP contribution is -2.41. The maximum absolute atomic E-state index is 13.7. The summed E-state index contributed by atoms with van der Waals surface area (Å²) in [6.45, 7) is 1.87. The molecule has 1 aromatic carbocycles. The van der Waals surface area contributed by atoms with E-state index in [2.05, 4.69) is 5.32 Å². The minimum Gasteiger partial charge on any atom is -0.306 e. The maximum atomic E-state index is 13.7. The molecule has 5 heteroatoms. The highest BCUT2D eigenvalue weighted by atomic mass is 32.2. The summed E-state index contributed by atoms with van der Waals surface area (Å²) < 4.78 is 37.1. The second kappa shape index (κ2) is 5.59. The summed E-state index contributed by atoms with van der Waals surface area (Å²) in [6.07, 6.45) is 3.71. The summed E-state index contributed by atoms with van der Waals surface area (Å²) in [4.78, 5) is 0. The summed E-state index contributed by atoms with van der Waals surface area (Å²) in [6, 6.07) is 6.34. The molecule has 1 N–H and O–H groups in total. The van der Waals surface area contributed by atoms with Crippen molar-refractivity contribution in [1.29, 1.82) is 0 Å². The Labute approximate surface area is 114 Å². The molecule has 3 nitrogen and oxygen atoms in total. The molecule has 0 amide bonds. The smallest absolute Gasteiger partial charge is 0.151 e. The zero-order valence-corrected chi connectivity index (χ0v) is 12.1. The van der Waals surface area contributed by atoms with Crippen LogP contribution in [0.4, 0.5) is 4.39 Å². The average molecular weight is 285 g/mol. The Hall–Kier alpha value is -0.940. The first kappa shape index (κ1) is 14.5. The summed E-state index contributed by atoms with van der Waals surface area (Å²) in [5.41, 5.74) is 0.585. The lowest BCUT2D eigenvalue weighted by atomic mass is 10.1.